The van der Waals surface area contributed by atoms with Gasteiger partial charge in [0.2, 0.25) is 0 Å². The van der Waals surface area contributed by atoms with Crippen LogP contribution in [0.2, 0.25) is 0 Å². The molecule has 11 heavy (non-hydrogen) atoms. The second kappa shape index (κ2) is 4.70. The Balaban J connectivity index is 2.13. The van der Waals surface area contributed by atoms with Gasteiger partial charge in [0, 0.05) is 19.3 Å². The molecule has 1 aliphatic heterocycles. The highest BCUT2D eigenvalue weighted by Crippen LogP contribution is 2.18. The molecular formula is C8H18N2O. The fraction of sp³-hybridized carbons (Fsp3) is 1.00. The van der Waals surface area contributed by atoms with E-state index in [9.17, 15) is 0 Å². The SMILES string of the molecule is C[C@@H](CC1CCCOC1)NN. The lowest BCUT2D eigenvalue weighted by atomic mass is 9.95. The van der Waals surface area contributed by atoms with Crippen LogP contribution in [-0.4, -0.2) is 19.3 Å². The van der Waals surface area contributed by atoms with E-state index in [0.717, 1.165) is 25.6 Å². The van der Waals surface area contributed by atoms with Crippen molar-refractivity contribution in [1.29, 1.82) is 0 Å². The molecule has 3 N–H and O–H groups in total. The standard InChI is InChI=1S/C8H18N2O/c1-7(10-9)5-8-3-2-4-11-6-8/h7-8,10H,2-6,9H2,1H3/t7-,8?/m0/s1. The smallest absolute Gasteiger partial charge is 0.0494 e. The molecule has 1 aliphatic rings. The fourth-order valence-electron chi connectivity index (χ4n) is 1.56. The van der Waals surface area contributed by atoms with E-state index in [1.54, 1.807) is 0 Å². The summed E-state index contributed by atoms with van der Waals surface area (Å²) < 4.78 is 5.36. The van der Waals surface area contributed by atoms with Gasteiger partial charge in [0.15, 0.2) is 0 Å². The van der Waals surface area contributed by atoms with Crippen molar-refractivity contribution in [3.63, 3.8) is 0 Å². The van der Waals surface area contributed by atoms with Crippen LogP contribution < -0.4 is 11.3 Å². The topological polar surface area (TPSA) is 47.3 Å². The lowest BCUT2D eigenvalue weighted by molar-refractivity contribution is 0.0483. The zero-order valence-electron chi connectivity index (χ0n) is 7.18. The summed E-state index contributed by atoms with van der Waals surface area (Å²) in [4.78, 5) is 0. The molecule has 1 unspecified atom stereocenters. The number of hydrogen-bond acceptors (Lipinski definition) is 3. The van der Waals surface area contributed by atoms with Crippen molar-refractivity contribution in [2.24, 2.45) is 11.8 Å². The molecule has 0 amide bonds. The number of rotatable bonds is 3. The van der Waals surface area contributed by atoms with Crippen LogP contribution in [0.25, 0.3) is 0 Å². The predicted octanol–water partition coefficient (Wildman–Crippen LogP) is 0.655. The minimum Gasteiger partial charge on any atom is -0.381 e. The van der Waals surface area contributed by atoms with E-state index >= 15 is 0 Å². The Morgan fingerprint density at radius 1 is 1.73 bits per heavy atom. The Hall–Kier alpha value is -0.120. The predicted molar refractivity (Wildman–Crippen MR) is 44.9 cm³/mol. The highest BCUT2D eigenvalue weighted by Gasteiger charge is 2.15. The molecular weight excluding hydrogens is 140 g/mol. The maximum absolute atomic E-state index is 5.36. The summed E-state index contributed by atoms with van der Waals surface area (Å²) in [7, 11) is 0. The van der Waals surface area contributed by atoms with Crippen LogP contribution in [0.15, 0.2) is 0 Å². The van der Waals surface area contributed by atoms with E-state index in [2.05, 4.69) is 12.3 Å². The number of nitrogens with one attached hydrogen (secondary N) is 1. The molecule has 1 fully saturated rings. The zero-order chi connectivity index (χ0) is 8.10. The molecule has 1 saturated heterocycles. The molecule has 0 spiro atoms. The number of nitrogens with two attached hydrogens (primary N) is 1. The van der Waals surface area contributed by atoms with Crippen molar-refractivity contribution in [1.82, 2.24) is 5.43 Å². The maximum atomic E-state index is 5.36. The highest BCUT2D eigenvalue weighted by molar-refractivity contribution is 4.68. The summed E-state index contributed by atoms with van der Waals surface area (Å²) in [6.07, 6.45) is 3.64. The van der Waals surface area contributed by atoms with Crippen LogP contribution in [0, 0.1) is 5.92 Å². The van der Waals surface area contributed by atoms with Gasteiger partial charge in [0.25, 0.3) is 0 Å². The summed E-state index contributed by atoms with van der Waals surface area (Å²) >= 11 is 0. The van der Waals surface area contributed by atoms with Gasteiger partial charge in [0.1, 0.15) is 0 Å². The van der Waals surface area contributed by atoms with Crippen molar-refractivity contribution in [3.05, 3.63) is 0 Å². The molecule has 3 heteroatoms. The first-order chi connectivity index (χ1) is 5.33. The second-order valence-electron chi connectivity index (χ2n) is 3.39. The normalized spacial score (nSPS) is 28.4. The lowest BCUT2D eigenvalue weighted by Gasteiger charge is -2.24. The second-order valence-corrected chi connectivity index (χ2v) is 3.39. The van der Waals surface area contributed by atoms with Gasteiger partial charge in [-0.15, -0.1) is 0 Å². The molecule has 1 heterocycles. The van der Waals surface area contributed by atoms with E-state index in [0.29, 0.717) is 6.04 Å². The van der Waals surface area contributed by atoms with E-state index < -0.39 is 0 Å². The van der Waals surface area contributed by atoms with Crippen LogP contribution >= 0.6 is 0 Å². The van der Waals surface area contributed by atoms with Gasteiger partial charge >= 0.3 is 0 Å². The molecule has 2 atom stereocenters. The molecule has 3 nitrogen and oxygen atoms in total. The van der Waals surface area contributed by atoms with Crippen LogP contribution in [0.5, 0.6) is 0 Å². The quantitative estimate of drug-likeness (QED) is 0.468. The van der Waals surface area contributed by atoms with Gasteiger partial charge in [-0.3, -0.25) is 11.3 Å². The van der Waals surface area contributed by atoms with E-state index in [1.807, 2.05) is 0 Å². The average Bonchev–Trinajstić information content (AvgIpc) is 2.06. The Labute approximate surface area is 68.3 Å². The summed E-state index contributed by atoms with van der Waals surface area (Å²) in [6.45, 7) is 3.97. The third kappa shape index (κ3) is 3.18. The van der Waals surface area contributed by atoms with Gasteiger partial charge in [-0.1, -0.05) is 0 Å². The van der Waals surface area contributed by atoms with Crippen LogP contribution in [0.1, 0.15) is 26.2 Å². The summed E-state index contributed by atoms with van der Waals surface area (Å²) in [5.74, 6) is 6.02. The summed E-state index contributed by atoms with van der Waals surface area (Å²) in [5, 5.41) is 0. The van der Waals surface area contributed by atoms with Gasteiger partial charge in [-0.25, -0.2) is 0 Å². The first-order valence-corrected chi connectivity index (χ1v) is 4.37. The van der Waals surface area contributed by atoms with Gasteiger partial charge < -0.3 is 4.74 Å². The fourth-order valence-corrected chi connectivity index (χ4v) is 1.56. The molecule has 0 aromatic heterocycles. The van der Waals surface area contributed by atoms with Crippen molar-refractivity contribution in [3.8, 4) is 0 Å². The van der Waals surface area contributed by atoms with Crippen LogP contribution in [-0.2, 0) is 4.74 Å². The van der Waals surface area contributed by atoms with Crippen LogP contribution in [0.3, 0.4) is 0 Å². The van der Waals surface area contributed by atoms with E-state index in [1.165, 1.54) is 12.8 Å². The summed E-state index contributed by atoms with van der Waals surface area (Å²) in [5.41, 5.74) is 2.76. The lowest BCUT2D eigenvalue weighted by Crippen LogP contribution is -2.35. The third-order valence-electron chi connectivity index (χ3n) is 2.23. The average molecular weight is 158 g/mol. The van der Waals surface area contributed by atoms with Crippen molar-refractivity contribution >= 4 is 0 Å². The van der Waals surface area contributed by atoms with Crippen molar-refractivity contribution < 1.29 is 4.74 Å². The summed E-state index contributed by atoms with van der Waals surface area (Å²) in [6, 6.07) is 0.418. The zero-order valence-corrected chi connectivity index (χ0v) is 7.18. The molecule has 0 aromatic rings. The van der Waals surface area contributed by atoms with Crippen molar-refractivity contribution in [2.45, 2.75) is 32.2 Å². The first kappa shape index (κ1) is 8.97. The minimum atomic E-state index is 0.418. The van der Waals surface area contributed by atoms with Gasteiger partial charge in [-0.2, -0.15) is 0 Å². The largest absolute Gasteiger partial charge is 0.381 e. The Kier molecular flexibility index (Phi) is 3.83. The number of hydrazine groups is 1. The molecule has 0 saturated carbocycles. The third-order valence-corrected chi connectivity index (χ3v) is 2.23. The van der Waals surface area contributed by atoms with Gasteiger partial charge in [-0.05, 0) is 32.1 Å². The molecule has 0 radical (unpaired) electrons. The van der Waals surface area contributed by atoms with E-state index in [4.69, 9.17) is 10.6 Å². The molecule has 0 bridgehead atoms. The molecule has 0 aromatic carbocycles. The number of ether oxygens (including phenoxy) is 1. The monoisotopic (exact) mass is 158 g/mol. The minimum absolute atomic E-state index is 0.418. The highest BCUT2D eigenvalue weighted by atomic mass is 16.5. The first-order valence-electron chi connectivity index (χ1n) is 4.37. The molecule has 1 rings (SSSR count). The Morgan fingerprint density at radius 3 is 3.09 bits per heavy atom. The van der Waals surface area contributed by atoms with Crippen molar-refractivity contribution in [2.75, 3.05) is 13.2 Å². The maximum Gasteiger partial charge on any atom is 0.0494 e. The van der Waals surface area contributed by atoms with E-state index in [-0.39, 0.29) is 0 Å². The molecule has 0 aliphatic carbocycles. The Morgan fingerprint density at radius 2 is 2.55 bits per heavy atom. The molecule has 66 valence electrons. The van der Waals surface area contributed by atoms with Gasteiger partial charge in [0.05, 0.1) is 0 Å². The number of hydrogen-bond donors (Lipinski definition) is 2. The Bertz CT molecular complexity index is 102. The van der Waals surface area contributed by atoms with Crippen LogP contribution in [0.4, 0.5) is 0 Å².